The monoisotopic (exact) mass is 460 g/mol. The number of hydrogen-bond donors (Lipinski definition) is 0. The fourth-order valence-electron chi connectivity index (χ4n) is 5.67. The van der Waals surface area contributed by atoms with Gasteiger partial charge in [-0.05, 0) is 63.1 Å². The van der Waals surface area contributed by atoms with E-state index >= 15 is 0 Å². The normalized spacial score (nSPS) is 14.0. The molecule has 0 nitrogen and oxygen atoms in total. The molecule has 5 aromatic rings. The van der Waals surface area contributed by atoms with E-state index in [1.807, 2.05) is 0 Å². The molecule has 0 bridgehead atoms. The maximum Gasteiger partial charge on any atom is 0.0713 e. The first-order valence-corrected chi connectivity index (χ1v) is 12.5. The van der Waals surface area contributed by atoms with Gasteiger partial charge in [-0.1, -0.05) is 146 Å². The molecule has 0 spiro atoms. The Balaban J connectivity index is 1.53. The maximum atomic E-state index is 2.39. The van der Waals surface area contributed by atoms with Crippen molar-refractivity contribution in [3.8, 4) is 11.1 Å². The molecule has 5 aromatic carbocycles. The van der Waals surface area contributed by atoms with E-state index in [1.165, 1.54) is 50.1 Å². The summed E-state index contributed by atoms with van der Waals surface area (Å²) in [5.41, 5.74) is 11.3. The number of rotatable bonds is 5. The van der Waals surface area contributed by atoms with Gasteiger partial charge in [0.2, 0.25) is 0 Å². The molecule has 1 aliphatic rings. The third kappa shape index (κ3) is 3.63. The van der Waals surface area contributed by atoms with E-state index in [4.69, 9.17) is 0 Å². The molecule has 0 heterocycles. The van der Waals surface area contributed by atoms with Crippen LogP contribution in [0.1, 0.15) is 40.3 Å². The fourth-order valence-corrected chi connectivity index (χ4v) is 5.67. The lowest BCUT2D eigenvalue weighted by atomic mass is 9.67. The molecule has 0 N–H and O–H groups in total. The van der Waals surface area contributed by atoms with Gasteiger partial charge in [-0.2, -0.15) is 0 Å². The van der Waals surface area contributed by atoms with E-state index in [1.54, 1.807) is 0 Å². The van der Waals surface area contributed by atoms with Gasteiger partial charge in [-0.15, -0.1) is 0 Å². The second-order valence-corrected chi connectivity index (χ2v) is 9.41. The van der Waals surface area contributed by atoms with E-state index in [0.717, 1.165) is 0 Å². The minimum Gasteiger partial charge on any atom is -0.0622 e. The highest BCUT2D eigenvalue weighted by molar-refractivity contribution is 5.87. The summed E-state index contributed by atoms with van der Waals surface area (Å²) >= 11 is 0. The van der Waals surface area contributed by atoms with E-state index in [0.29, 0.717) is 0 Å². The fraction of sp³-hybridized carbons (Fsp3) is 0.0556. The standard InChI is InChI=1S/C36H28/c1-27(29-16-5-2-6-17-29)14-13-15-28-24-25-33-32-22-11-12-23-34(32)36(35(33)26-28,30-18-7-3-8-19-30)31-20-9-4-10-21-31/h2-26H,1H3. The predicted molar refractivity (Wildman–Crippen MR) is 153 cm³/mol. The van der Waals surface area contributed by atoms with Gasteiger partial charge < -0.3 is 0 Å². The number of allylic oxidation sites excluding steroid dienone is 3. The number of fused-ring (bicyclic) bond motifs is 3. The zero-order valence-corrected chi connectivity index (χ0v) is 20.4. The SMILES string of the molecule is CC(=CC=Cc1ccc2c(c1)C(c1ccccc1)(c1ccccc1)c1ccccc1-2)c1ccccc1. The minimum absolute atomic E-state index is 0.353. The molecule has 0 heteroatoms. The summed E-state index contributed by atoms with van der Waals surface area (Å²) < 4.78 is 0. The van der Waals surface area contributed by atoms with Crippen molar-refractivity contribution in [2.24, 2.45) is 0 Å². The molecule has 172 valence electrons. The lowest BCUT2D eigenvalue weighted by Crippen LogP contribution is -2.28. The highest BCUT2D eigenvalue weighted by atomic mass is 14.5. The predicted octanol–water partition coefficient (Wildman–Crippen LogP) is 9.17. The largest absolute Gasteiger partial charge is 0.0713 e. The van der Waals surface area contributed by atoms with Gasteiger partial charge in [0.05, 0.1) is 5.41 Å². The van der Waals surface area contributed by atoms with Crippen LogP contribution < -0.4 is 0 Å². The van der Waals surface area contributed by atoms with Crippen molar-refractivity contribution in [2.75, 3.05) is 0 Å². The van der Waals surface area contributed by atoms with Crippen LogP contribution in [0.25, 0.3) is 22.8 Å². The summed E-state index contributed by atoms with van der Waals surface area (Å²) in [5.74, 6) is 0. The van der Waals surface area contributed by atoms with Gasteiger partial charge in [0.25, 0.3) is 0 Å². The Morgan fingerprint density at radius 2 is 1.11 bits per heavy atom. The molecular weight excluding hydrogens is 432 g/mol. The third-order valence-corrected chi connectivity index (χ3v) is 7.35. The zero-order valence-electron chi connectivity index (χ0n) is 20.4. The van der Waals surface area contributed by atoms with Crippen LogP contribution in [0.3, 0.4) is 0 Å². The summed E-state index contributed by atoms with van der Waals surface area (Å²) in [6, 6.07) is 48.3. The van der Waals surface area contributed by atoms with Crippen LogP contribution in [-0.2, 0) is 5.41 Å². The van der Waals surface area contributed by atoms with Crippen molar-refractivity contribution < 1.29 is 0 Å². The average molecular weight is 461 g/mol. The number of hydrogen-bond acceptors (Lipinski definition) is 0. The highest BCUT2D eigenvalue weighted by Gasteiger charge is 2.45. The number of benzene rings is 5. The van der Waals surface area contributed by atoms with Gasteiger partial charge in [-0.25, -0.2) is 0 Å². The van der Waals surface area contributed by atoms with Crippen LogP contribution in [0.2, 0.25) is 0 Å². The molecule has 0 aliphatic heterocycles. The third-order valence-electron chi connectivity index (χ3n) is 7.35. The molecule has 0 saturated heterocycles. The summed E-state index contributed by atoms with van der Waals surface area (Å²) in [5, 5.41) is 0. The quantitative estimate of drug-likeness (QED) is 0.225. The van der Waals surface area contributed by atoms with Crippen molar-refractivity contribution in [2.45, 2.75) is 12.3 Å². The summed E-state index contributed by atoms with van der Waals surface area (Å²) in [6.07, 6.45) is 6.58. The molecule has 0 amide bonds. The smallest absolute Gasteiger partial charge is 0.0622 e. The molecule has 1 aliphatic carbocycles. The lowest BCUT2D eigenvalue weighted by molar-refractivity contribution is 0.768. The molecule has 0 aromatic heterocycles. The van der Waals surface area contributed by atoms with Crippen molar-refractivity contribution in [1.29, 1.82) is 0 Å². The molecule has 6 rings (SSSR count). The molecule has 0 saturated carbocycles. The molecule has 36 heavy (non-hydrogen) atoms. The maximum absolute atomic E-state index is 2.39. The van der Waals surface area contributed by atoms with E-state index < -0.39 is 0 Å². The van der Waals surface area contributed by atoms with E-state index in [2.05, 4.69) is 159 Å². The first kappa shape index (κ1) is 22.1. The van der Waals surface area contributed by atoms with E-state index in [-0.39, 0.29) is 5.41 Å². The summed E-state index contributed by atoms with van der Waals surface area (Å²) in [6.45, 7) is 2.16. The van der Waals surface area contributed by atoms with Crippen LogP contribution >= 0.6 is 0 Å². The van der Waals surface area contributed by atoms with Crippen molar-refractivity contribution in [3.63, 3.8) is 0 Å². The van der Waals surface area contributed by atoms with Crippen molar-refractivity contribution in [1.82, 2.24) is 0 Å². The van der Waals surface area contributed by atoms with Gasteiger partial charge in [0, 0.05) is 0 Å². The summed E-state index contributed by atoms with van der Waals surface area (Å²) in [7, 11) is 0. The lowest BCUT2D eigenvalue weighted by Gasteiger charge is -2.34. The Labute approximate surface area is 213 Å². The topological polar surface area (TPSA) is 0 Å². The molecular formula is C36H28. The highest BCUT2D eigenvalue weighted by Crippen LogP contribution is 2.56. The van der Waals surface area contributed by atoms with Gasteiger partial charge in [-0.3, -0.25) is 0 Å². The first-order valence-electron chi connectivity index (χ1n) is 12.5. The van der Waals surface area contributed by atoms with Crippen LogP contribution in [0, 0.1) is 0 Å². The van der Waals surface area contributed by atoms with Crippen LogP contribution in [0.5, 0.6) is 0 Å². The molecule has 0 unspecified atom stereocenters. The Bertz CT molecular complexity index is 1520. The van der Waals surface area contributed by atoms with Crippen LogP contribution in [0.15, 0.2) is 146 Å². The zero-order chi connectivity index (χ0) is 24.4. The average Bonchev–Trinajstić information content (AvgIpc) is 3.25. The second-order valence-electron chi connectivity index (χ2n) is 9.41. The van der Waals surface area contributed by atoms with E-state index in [9.17, 15) is 0 Å². The van der Waals surface area contributed by atoms with Gasteiger partial charge >= 0.3 is 0 Å². The summed E-state index contributed by atoms with van der Waals surface area (Å²) in [4.78, 5) is 0. The Kier molecular flexibility index (Phi) is 5.71. The Morgan fingerprint density at radius 3 is 1.78 bits per heavy atom. The Morgan fingerprint density at radius 1 is 0.556 bits per heavy atom. The first-order chi connectivity index (χ1) is 17.8. The Hall–Kier alpha value is -4.42. The van der Waals surface area contributed by atoms with Crippen LogP contribution in [0.4, 0.5) is 0 Å². The van der Waals surface area contributed by atoms with Crippen molar-refractivity contribution in [3.05, 3.63) is 179 Å². The minimum atomic E-state index is -0.353. The molecule has 0 radical (unpaired) electrons. The second kappa shape index (κ2) is 9.32. The molecule has 0 fully saturated rings. The van der Waals surface area contributed by atoms with Gasteiger partial charge in [0.15, 0.2) is 0 Å². The van der Waals surface area contributed by atoms with Gasteiger partial charge in [0.1, 0.15) is 0 Å². The van der Waals surface area contributed by atoms with Crippen molar-refractivity contribution >= 4 is 11.6 Å². The van der Waals surface area contributed by atoms with Crippen LogP contribution in [-0.4, -0.2) is 0 Å². The molecule has 0 atom stereocenters.